The minimum absolute atomic E-state index is 0.326. The van der Waals surface area contributed by atoms with Crippen LogP contribution in [0, 0.1) is 6.92 Å². The van der Waals surface area contributed by atoms with E-state index in [0.29, 0.717) is 11.4 Å². The van der Waals surface area contributed by atoms with Gasteiger partial charge in [0.2, 0.25) is 10.0 Å². The molecule has 0 aliphatic rings. The van der Waals surface area contributed by atoms with Crippen LogP contribution in [0.15, 0.2) is 28.7 Å². The molecule has 0 atom stereocenters. The molecule has 4 heteroatoms. The predicted molar refractivity (Wildman–Crippen MR) is 76.0 cm³/mol. The van der Waals surface area contributed by atoms with Gasteiger partial charge in [0, 0.05) is 6.54 Å². The summed E-state index contributed by atoms with van der Waals surface area (Å²) >= 11 is 0. The Kier molecular flexibility index (Phi) is 4.71. The van der Waals surface area contributed by atoms with Crippen molar-refractivity contribution in [1.82, 2.24) is 4.72 Å². The summed E-state index contributed by atoms with van der Waals surface area (Å²) in [4.78, 5) is 0.326. The van der Waals surface area contributed by atoms with Gasteiger partial charge in [0.15, 0.2) is 0 Å². The molecule has 3 nitrogen and oxygen atoms in total. The second-order valence-electron chi connectivity index (χ2n) is 4.60. The minimum Gasteiger partial charge on any atom is -0.211 e. The van der Waals surface area contributed by atoms with E-state index in [2.05, 4.69) is 25.5 Å². The molecule has 1 aromatic carbocycles. The largest absolute Gasteiger partial charge is 0.240 e. The van der Waals surface area contributed by atoms with E-state index in [1.54, 1.807) is 19.1 Å². The van der Waals surface area contributed by atoms with E-state index in [0.717, 1.165) is 11.1 Å². The number of hydrogen-bond acceptors (Lipinski definition) is 2. The van der Waals surface area contributed by atoms with Crippen LogP contribution in [0.5, 0.6) is 0 Å². The maximum absolute atomic E-state index is 11.9. The van der Waals surface area contributed by atoms with E-state index in [1.165, 1.54) is 11.1 Å². The lowest BCUT2D eigenvalue weighted by Gasteiger charge is -2.11. The lowest BCUT2D eigenvalue weighted by molar-refractivity contribution is 0.584. The molecule has 0 radical (unpaired) electrons. The third-order valence-electron chi connectivity index (χ3n) is 3.00. The van der Waals surface area contributed by atoms with Gasteiger partial charge in [-0.15, -0.1) is 0 Å². The van der Waals surface area contributed by atoms with Gasteiger partial charge in [-0.05, 0) is 56.5 Å². The normalized spacial score (nSPS) is 11.4. The predicted octanol–water partition coefficient (Wildman–Crippen LogP) is 3.11. The molecule has 0 bridgehead atoms. The van der Waals surface area contributed by atoms with Crippen molar-refractivity contribution >= 4 is 15.6 Å². The number of nitrogens with one attached hydrogen (secondary N) is 1. The van der Waals surface area contributed by atoms with E-state index in [-0.39, 0.29) is 0 Å². The molecule has 0 amide bonds. The van der Waals surface area contributed by atoms with Gasteiger partial charge in [-0.25, -0.2) is 13.1 Å². The lowest BCUT2D eigenvalue weighted by Crippen LogP contribution is -2.23. The van der Waals surface area contributed by atoms with Crippen LogP contribution in [0.2, 0.25) is 0 Å². The van der Waals surface area contributed by atoms with Gasteiger partial charge in [0.1, 0.15) is 0 Å². The first-order chi connectivity index (χ1) is 8.29. The Hall–Kier alpha value is -1.13. The summed E-state index contributed by atoms with van der Waals surface area (Å²) < 4.78 is 26.2. The average molecular weight is 267 g/mol. The zero-order valence-corrected chi connectivity index (χ0v) is 12.5. The Balaban J connectivity index is 3.27. The quantitative estimate of drug-likeness (QED) is 0.911. The number of hydrogen-bond donors (Lipinski definition) is 1. The Bertz CT molecular complexity index is 567. The van der Waals surface area contributed by atoms with Crippen molar-refractivity contribution in [2.45, 2.75) is 39.5 Å². The van der Waals surface area contributed by atoms with Crippen LogP contribution in [0.25, 0.3) is 5.57 Å². The van der Waals surface area contributed by atoms with Crippen molar-refractivity contribution in [3.05, 3.63) is 34.9 Å². The first-order valence-electron chi connectivity index (χ1n) is 6.04. The second kappa shape index (κ2) is 5.67. The number of aryl methyl sites for hydroxylation is 1. The molecule has 18 heavy (non-hydrogen) atoms. The fraction of sp³-hybridized carbons (Fsp3) is 0.429. The molecule has 0 unspecified atom stereocenters. The SMILES string of the molecule is CCNS(=O)(=O)c1ccc(C(C)=C(C)C)c(C)c1. The minimum atomic E-state index is -3.36. The molecule has 100 valence electrons. The number of allylic oxidation sites excluding steroid dienone is 2. The highest BCUT2D eigenvalue weighted by molar-refractivity contribution is 7.89. The Morgan fingerprint density at radius 3 is 2.28 bits per heavy atom. The Morgan fingerprint density at radius 1 is 1.22 bits per heavy atom. The summed E-state index contributed by atoms with van der Waals surface area (Å²) in [7, 11) is -3.36. The molecule has 1 rings (SSSR count). The van der Waals surface area contributed by atoms with E-state index in [4.69, 9.17) is 0 Å². The summed E-state index contributed by atoms with van der Waals surface area (Å²) in [6.45, 7) is 10.3. The molecule has 1 N–H and O–H groups in total. The van der Waals surface area contributed by atoms with Crippen molar-refractivity contribution in [1.29, 1.82) is 0 Å². The monoisotopic (exact) mass is 267 g/mol. The van der Waals surface area contributed by atoms with E-state index in [9.17, 15) is 8.42 Å². The van der Waals surface area contributed by atoms with Crippen LogP contribution in [0.3, 0.4) is 0 Å². The van der Waals surface area contributed by atoms with Crippen LogP contribution >= 0.6 is 0 Å². The Labute approximate surface area is 110 Å². The summed E-state index contributed by atoms with van der Waals surface area (Å²) in [6, 6.07) is 5.26. The highest BCUT2D eigenvalue weighted by atomic mass is 32.2. The standard InChI is InChI=1S/C14H21NO2S/c1-6-15-18(16,17)13-7-8-14(11(4)9-13)12(5)10(2)3/h7-9,15H,6H2,1-5H3. The third kappa shape index (κ3) is 3.21. The fourth-order valence-electron chi connectivity index (χ4n) is 1.77. The van der Waals surface area contributed by atoms with E-state index >= 15 is 0 Å². The first kappa shape index (κ1) is 14.9. The van der Waals surface area contributed by atoms with Crippen molar-refractivity contribution in [2.75, 3.05) is 6.54 Å². The first-order valence-corrected chi connectivity index (χ1v) is 7.52. The van der Waals surface area contributed by atoms with Crippen LogP contribution in [0.4, 0.5) is 0 Å². The maximum Gasteiger partial charge on any atom is 0.240 e. The summed E-state index contributed by atoms with van der Waals surface area (Å²) in [5.41, 5.74) is 4.51. The van der Waals surface area contributed by atoms with E-state index in [1.807, 2.05) is 13.0 Å². The van der Waals surface area contributed by atoms with Crippen molar-refractivity contribution in [3.63, 3.8) is 0 Å². The zero-order valence-electron chi connectivity index (χ0n) is 11.7. The Morgan fingerprint density at radius 2 is 1.83 bits per heavy atom. The second-order valence-corrected chi connectivity index (χ2v) is 6.37. The highest BCUT2D eigenvalue weighted by Crippen LogP contribution is 2.24. The molecular formula is C14H21NO2S. The fourth-order valence-corrected chi connectivity index (χ4v) is 2.89. The van der Waals surface area contributed by atoms with Gasteiger partial charge < -0.3 is 0 Å². The molecule has 0 fully saturated rings. The van der Waals surface area contributed by atoms with Crippen LogP contribution in [0.1, 0.15) is 38.8 Å². The smallest absolute Gasteiger partial charge is 0.211 e. The van der Waals surface area contributed by atoms with Gasteiger partial charge in [-0.2, -0.15) is 0 Å². The molecule has 0 aliphatic carbocycles. The van der Waals surface area contributed by atoms with Crippen LogP contribution in [-0.2, 0) is 10.0 Å². The summed E-state index contributed by atoms with van der Waals surface area (Å²) in [5, 5.41) is 0. The molecule has 0 saturated carbocycles. The lowest BCUT2D eigenvalue weighted by atomic mass is 9.99. The molecule has 0 aromatic heterocycles. The topological polar surface area (TPSA) is 46.2 Å². The van der Waals surface area contributed by atoms with Gasteiger partial charge >= 0.3 is 0 Å². The molecule has 0 spiro atoms. The number of sulfonamides is 1. The summed E-state index contributed by atoms with van der Waals surface area (Å²) in [5.74, 6) is 0. The molecule has 0 heterocycles. The number of benzene rings is 1. The zero-order chi connectivity index (χ0) is 13.9. The van der Waals surface area contributed by atoms with Crippen molar-refractivity contribution in [3.8, 4) is 0 Å². The van der Waals surface area contributed by atoms with Gasteiger partial charge in [0.25, 0.3) is 0 Å². The summed E-state index contributed by atoms with van der Waals surface area (Å²) in [6.07, 6.45) is 0. The van der Waals surface area contributed by atoms with Gasteiger partial charge in [-0.3, -0.25) is 0 Å². The molecule has 1 aromatic rings. The molecular weight excluding hydrogens is 246 g/mol. The van der Waals surface area contributed by atoms with Crippen molar-refractivity contribution in [2.24, 2.45) is 0 Å². The van der Waals surface area contributed by atoms with E-state index < -0.39 is 10.0 Å². The third-order valence-corrected chi connectivity index (χ3v) is 4.54. The molecule has 0 saturated heterocycles. The highest BCUT2D eigenvalue weighted by Gasteiger charge is 2.14. The van der Waals surface area contributed by atoms with Gasteiger partial charge in [0.05, 0.1) is 4.90 Å². The van der Waals surface area contributed by atoms with Gasteiger partial charge in [-0.1, -0.05) is 18.6 Å². The van der Waals surface area contributed by atoms with Crippen LogP contribution in [-0.4, -0.2) is 15.0 Å². The average Bonchev–Trinajstić information content (AvgIpc) is 2.27. The number of rotatable bonds is 4. The maximum atomic E-state index is 11.9. The van der Waals surface area contributed by atoms with Crippen molar-refractivity contribution < 1.29 is 8.42 Å². The molecule has 0 aliphatic heterocycles. The van der Waals surface area contributed by atoms with Crippen LogP contribution < -0.4 is 4.72 Å².